The van der Waals surface area contributed by atoms with Crippen LogP contribution < -0.4 is 10.2 Å². The van der Waals surface area contributed by atoms with Crippen LogP contribution in [0.25, 0.3) is 22.4 Å². The number of anilines is 1. The predicted molar refractivity (Wildman–Crippen MR) is 103 cm³/mol. The van der Waals surface area contributed by atoms with Gasteiger partial charge in [-0.25, -0.2) is 19.9 Å². The lowest BCUT2D eigenvalue weighted by Gasteiger charge is -2.21. The zero-order valence-corrected chi connectivity index (χ0v) is 15.1. The summed E-state index contributed by atoms with van der Waals surface area (Å²) in [5.74, 6) is 0.692. The molecule has 1 saturated heterocycles. The monoisotopic (exact) mass is 360 g/mol. The van der Waals surface area contributed by atoms with Gasteiger partial charge in [0.25, 0.3) is 0 Å². The summed E-state index contributed by atoms with van der Waals surface area (Å²) in [5.41, 5.74) is 4.78. The number of nitrogens with zero attached hydrogens (tertiary/aromatic N) is 5. The van der Waals surface area contributed by atoms with Gasteiger partial charge in [0.1, 0.15) is 6.33 Å². The molecule has 27 heavy (non-hydrogen) atoms. The smallest absolute Gasteiger partial charge is 0.225 e. The van der Waals surface area contributed by atoms with Crippen LogP contribution >= 0.6 is 0 Å². The maximum absolute atomic E-state index is 11.6. The lowest BCUT2D eigenvalue weighted by Crippen LogP contribution is -2.29. The molecule has 1 aliphatic heterocycles. The van der Waals surface area contributed by atoms with E-state index in [4.69, 9.17) is 4.98 Å². The van der Waals surface area contributed by atoms with E-state index < -0.39 is 0 Å². The van der Waals surface area contributed by atoms with Gasteiger partial charge in [0.15, 0.2) is 0 Å². The van der Waals surface area contributed by atoms with Crippen molar-refractivity contribution < 1.29 is 4.79 Å². The quantitative estimate of drug-likeness (QED) is 0.771. The van der Waals surface area contributed by atoms with Gasteiger partial charge >= 0.3 is 0 Å². The number of carbonyl (C=O) groups is 1. The molecule has 1 aliphatic rings. The summed E-state index contributed by atoms with van der Waals surface area (Å²) in [6.45, 7) is 3.94. The number of benzene rings is 1. The fourth-order valence-electron chi connectivity index (χ4n) is 3.07. The van der Waals surface area contributed by atoms with E-state index in [0.29, 0.717) is 32.0 Å². The lowest BCUT2D eigenvalue weighted by atomic mass is 10.0. The van der Waals surface area contributed by atoms with Crippen molar-refractivity contribution in [3.8, 4) is 22.4 Å². The van der Waals surface area contributed by atoms with Gasteiger partial charge in [-0.05, 0) is 6.92 Å². The van der Waals surface area contributed by atoms with Crippen LogP contribution in [0.3, 0.4) is 0 Å². The van der Waals surface area contributed by atoms with Crippen LogP contribution in [0.15, 0.2) is 49.2 Å². The first-order valence-electron chi connectivity index (χ1n) is 8.92. The number of hydrogen-bond donors (Lipinski definition) is 1. The molecule has 0 spiro atoms. The molecule has 0 aliphatic carbocycles. The molecule has 1 fully saturated rings. The molecule has 2 aromatic heterocycles. The van der Waals surface area contributed by atoms with Gasteiger partial charge in [-0.1, -0.05) is 29.8 Å². The average Bonchev–Trinajstić information content (AvgIpc) is 2.93. The summed E-state index contributed by atoms with van der Waals surface area (Å²) in [4.78, 5) is 31.3. The first-order chi connectivity index (χ1) is 13.2. The Hall–Kier alpha value is -3.35. The molecule has 1 amide bonds. The van der Waals surface area contributed by atoms with Gasteiger partial charge < -0.3 is 10.2 Å². The second-order valence-electron chi connectivity index (χ2n) is 6.51. The van der Waals surface area contributed by atoms with Crippen LogP contribution in [0.1, 0.15) is 12.0 Å². The molecule has 0 saturated carbocycles. The Morgan fingerprint density at radius 2 is 1.78 bits per heavy atom. The summed E-state index contributed by atoms with van der Waals surface area (Å²) in [6.07, 6.45) is 7.29. The van der Waals surface area contributed by atoms with Crippen molar-refractivity contribution in [3.05, 3.63) is 54.7 Å². The number of hydrogen-bond acceptors (Lipinski definition) is 6. The molecule has 0 bridgehead atoms. The van der Waals surface area contributed by atoms with Crippen LogP contribution in [0.5, 0.6) is 0 Å². The molecule has 1 N–H and O–H groups in total. The molecule has 136 valence electrons. The van der Waals surface area contributed by atoms with E-state index in [2.05, 4.69) is 51.5 Å². The van der Waals surface area contributed by atoms with Gasteiger partial charge in [0.05, 0.1) is 5.69 Å². The van der Waals surface area contributed by atoms with Crippen molar-refractivity contribution in [2.24, 2.45) is 0 Å². The van der Waals surface area contributed by atoms with Gasteiger partial charge in [-0.3, -0.25) is 4.79 Å². The molecule has 0 atom stereocenters. The first-order valence-corrected chi connectivity index (χ1v) is 8.92. The zero-order chi connectivity index (χ0) is 18.6. The highest BCUT2D eigenvalue weighted by atomic mass is 16.1. The van der Waals surface area contributed by atoms with E-state index in [1.165, 1.54) is 11.9 Å². The Bertz CT molecular complexity index is 942. The minimum atomic E-state index is 0.0642. The largest absolute Gasteiger partial charge is 0.354 e. The number of amides is 1. The van der Waals surface area contributed by atoms with Gasteiger partial charge in [0.2, 0.25) is 11.9 Å². The maximum atomic E-state index is 11.6. The van der Waals surface area contributed by atoms with E-state index in [1.807, 2.05) is 11.1 Å². The van der Waals surface area contributed by atoms with Crippen LogP contribution in [-0.2, 0) is 4.79 Å². The van der Waals surface area contributed by atoms with Crippen molar-refractivity contribution in [1.82, 2.24) is 25.3 Å². The van der Waals surface area contributed by atoms with Gasteiger partial charge in [-0.2, -0.15) is 0 Å². The molecule has 7 nitrogen and oxygen atoms in total. The standard InChI is InChI=1S/C20H20N6O/c1-14-2-4-15(5-3-14)19-17(16-10-21-13-22-11-16)12-24-20(25-19)26-8-6-18(27)23-7-9-26/h2-5,10-13H,6-9H2,1H3,(H,23,27). The minimum absolute atomic E-state index is 0.0642. The van der Waals surface area contributed by atoms with Crippen molar-refractivity contribution in [2.45, 2.75) is 13.3 Å². The van der Waals surface area contributed by atoms with E-state index in [0.717, 1.165) is 22.4 Å². The Balaban J connectivity index is 1.79. The molecule has 7 heteroatoms. The molecule has 1 aromatic carbocycles. The summed E-state index contributed by atoms with van der Waals surface area (Å²) < 4.78 is 0. The third kappa shape index (κ3) is 3.76. The fraction of sp³-hybridized carbons (Fsp3) is 0.250. The molecule has 3 aromatic rings. The highest BCUT2D eigenvalue weighted by molar-refractivity contribution is 5.80. The third-order valence-corrected chi connectivity index (χ3v) is 4.57. The van der Waals surface area contributed by atoms with E-state index >= 15 is 0 Å². The van der Waals surface area contributed by atoms with Crippen LogP contribution in [0, 0.1) is 6.92 Å². The summed E-state index contributed by atoms with van der Waals surface area (Å²) in [6, 6.07) is 8.25. The van der Waals surface area contributed by atoms with Crippen LogP contribution in [0.2, 0.25) is 0 Å². The van der Waals surface area contributed by atoms with Crippen LogP contribution in [0.4, 0.5) is 5.95 Å². The Morgan fingerprint density at radius 1 is 1.00 bits per heavy atom. The molecular weight excluding hydrogens is 340 g/mol. The maximum Gasteiger partial charge on any atom is 0.225 e. The molecular formula is C20H20N6O. The Labute approximate surface area is 157 Å². The Kier molecular flexibility index (Phi) is 4.74. The number of rotatable bonds is 3. The van der Waals surface area contributed by atoms with E-state index in [-0.39, 0.29) is 5.91 Å². The predicted octanol–water partition coefficient (Wildman–Crippen LogP) is 2.24. The van der Waals surface area contributed by atoms with Crippen LogP contribution in [-0.4, -0.2) is 45.5 Å². The van der Waals surface area contributed by atoms with Gasteiger partial charge in [-0.15, -0.1) is 0 Å². The molecule has 3 heterocycles. The van der Waals surface area contributed by atoms with Gasteiger partial charge in [0, 0.05) is 61.3 Å². The topological polar surface area (TPSA) is 83.9 Å². The second-order valence-corrected chi connectivity index (χ2v) is 6.51. The van der Waals surface area contributed by atoms with E-state index in [1.54, 1.807) is 12.4 Å². The van der Waals surface area contributed by atoms with E-state index in [9.17, 15) is 4.79 Å². The summed E-state index contributed by atoms with van der Waals surface area (Å²) in [5, 5.41) is 2.88. The average molecular weight is 360 g/mol. The molecule has 0 unspecified atom stereocenters. The second kappa shape index (κ2) is 7.49. The first kappa shape index (κ1) is 17.1. The van der Waals surface area contributed by atoms with Crippen molar-refractivity contribution in [1.29, 1.82) is 0 Å². The molecule has 4 rings (SSSR count). The van der Waals surface area contributed by atoms with Crippen molar-refractivity contribution in [2.75, 3.05) is 24.5 Å². The number of aryl methyl sites for hydroxylation is 1. The zero-order valence-electron chi connectivity index (χ0n) is 15.1. The number of nitrogens with one attached hydrogen (secondary N) is 1. The SMILES string of the molecule is Cc1ccc(-c2nc(N3CCNC(=O)CC3)ncc2-c2cncnc2)cc1. The summed E-state index contributed by atoms with van der Waals surface area (Å²) >= 11 is 0. The minimum Gasteiger partial charge on any atom is -0.354 e. The fourth-order valence-corrected chi connectivity index (χ4v) is 3.07. The number of carbonyl (C=O) groups excluding carboxylic acids is 1. The normalized spacial score (nSPS) is 14.6. The van der Waals surface area contributed by atoms with Crippen molar-refractivity contribution >= 4 is 11.9 Å². The molecule has 0 radical (unpaired) electrons. The lowest BCUT2D eigenvalue weighted by molar-refractivity contribution is -0.120. The third-order valence-electron chi connectivity index (χ3n) is 4.57. The number of aromatic nitrogens is 4. The van der Waals surface area contributed by atoms with Crippen molar-refractivity contribution in [3.63, 3.8) is 0 Å². The summed E-state index contributed by atoms with van der Waals surface area (Å²) in [7, 11) is 0. The highest BCUT2D eigenvalue weighted by Crippen LogP contribution is 2.31. The highest BCUT2D eigenvalue weighted by Gasteiger charge is 2.19. The Morgan fingerprint density at radius 3 is 2.56 bits per heavy atom.